The summed E-state index contributed by atoms with van der Waals surface area (Å²) >= 11 is 0. The number of urea groups is 1. The molecule has 0 aliphatic carbocycles. The number of ether oxygens (including phenoxy) is 1. The summed E-state index contributed by atoms with van der Waals surface area (Å²) < 4.78 is 5.30. The van der Waals surface area contributed by atoms with E-state index in [1.165, 1.54) is 0 Å². The number of carbonyl (C=O) groups excluding carboxylic acids is 1. The van der Waals surface area contributed by atoms with Gasteiger partial charge in [0.2, 0.25) is 0 Å². The molecule has 6 nitrogen and oxygen atoms in total. The fourth-order valence-corrected chi connectivity index (χ4v) is 1.63. The Morgan fingerprint density at radius 2 is 1.85 bits per heavy atom. The second-order valence-corrected chi connectivity index (χ2v) is 4.97. The SMILES string of the molecule is CCCOCCCNC(=O)NCCC(C)CCC(=O)O. The first-order valence-electron chi connectivity index (χ1n) is 7.37. The van der Waals surface area contributed by atoms with Gasteiger partial charge in [-0.1, -0.05) is 13.8 Å². The van der Waals surface area contributed by atoms with Crippen LogP contribution in [0.5, 0.6) is 0 Å². The maximum atomic E-state index is 11.4. The minimum absolute atomic E-state index is 0.175. The molecule has 0 rings (SSSR count). The van der Waals surface area contributed by atoms with E-state index in [1.807, 2.05) is 6.92 Å². The third-order valence-electron chi connectivity index (χ3n) is 2.87. The third kappa shape index (κ3) is 13.1. The molecule has 0 aromatic rings. The van der Waals surface area contributed by atoms with Crippen LogP contribution in [0, 0.1) is 5.92 Å². The summed E-state index contributed by atoms with van der Waals surface area (Å²) in [5.74, 6) is -0.471. The summed E-state index contributed by atoms with van der Waals surface area (Å²) in [6.45, 7) is 6.65. The molecule has 0 spiro atoms. The van der Waals surface area contributed by atoms with E-state index in [1.54, 1.807) is 0 Å². The lowest BCUT2D eigenvalue weighted by Gasteiger charge is -2.11. The Morgan fingerprint density at radius 3 is 2.50 bits per heavy atom. The Labute approximate surface area is 121 Å². The lowest BCUT2D eigenvalue weighted by molar-refractivity contribution is -0.137. The number of carboxylic acids is 1. The van der Waals surface area contributed by atoms with Gasteiger partial charge >= 0.3 is 12.0 Å². The Morgan fingerprint density at radius 1 is 1.15 bits per heavy atom. The van der Waals surface area contributed by atoms with Gasteiger partial charge in [-0.15, -0.1) is 0 Å². The summed E-state index contributed by atoms with van der Waals surface area (Å²) in [5.41, 5.74) is 0. The smallest absolute Gasteiger partial charge is 0.314 e. The average Bonchev–Trinajstić information content (AvgIpc) is 2.40. The lowest BCUT2D eigenvalue weighted by Crippen LogP contribution is -2.37. The molecule has 0 aromatic heterocycles. The van der Waals surface area contributed by atoms with Crippen LogP contribution in [0.3, 0.4) is 0 Å². The molecule has 0 heterocycles. The molecular formula is C14H28N2O4. The summed E-state index contributed by atoms with van der Waals surface area (Å²) in [5, 5.41) is 14.1. The summed E-state index contributed by atoms with van der Waals surface area (Å²) in [4.78, 5) is 21.8. The Balaban J connectivity index is 3.37. The quantitative estimate of drug-likeness (QED) is 0.479. The normalized spacial score (nSPS) is 11.9. The van der Waals surface area contributed by atoms with Gasteiger partial charge in [0, 0.05) is 32.7 Å². The van der Waals surface area contributed by atoms with Crippen molar-refractivity contribution in [1.29, 1.82) is 0 Å². The fraction of sp³-hybridized carbons (Fsp3) is 0.857. The first-order valence-corrected chi connectivity index (χ1v) is 7.37. The van der Waals surface area contributed by atoms with Crippen LogP contribution in [0.2, 0.25) is 0 Å². The van der Waals surface area contributed by atoms with Crippen LogP contribution >= 0.6 is 0 Å². The molecular weight excluding hydrogens is 260 g/mol. The van der Waals surface area contributed by atoms with Crippen molar-refractivity contribution in [2.75, 3.05) is 26.3 Å². The first kappa shape index (κ1) is 18.7. The van der Waals surface area contributed by atoms with Crippen LogP contribution in [-0.2, 0) is 9.53 Å². The number of aliphatic carboxylic acids is 1. The van der Waals surface area contributed by atoms with Crippen LogP contribution in [0.15, 0.2) is 0 Å². The molecule has 118 valence electrons. The number of rotatable bonds is 12. The van der Waals surface area contributed by atoms with Crippen molar-refractivity contribution < 1.29 is 19.4 Å². The predicted octanol–water partition coefficient (Wildman–Crippen LogP) is 1.99. The summed E-state index contributed by atoms with van der Waals surface area (Å²) in [6, 6.07) is -0.175. The van der Waals surface area contributed by atoms with Gasteiger partial charge in [-0.25, -0.2) is 4.79 Å². The van der Waals surface area contributed by atoms with Crippen molar-refractivity contribution >= 4 is 12.0 Å². The maximum absolute atomic E-state index is 11.4. The zero-order chi connectivity index (χ0) is 15.2. The second kappa shape index (κ2) is 12.7. The van der Waals surface area contributed by atoms with E-state index in [4.69, 9.17) is 9.84 Å². The molecule has 0 saturated carbocycles. The number of carboxylic acid groups (broad SMARTS) is 1. The van der Waals surface area contributed by atoms with Crippen LogP contribution in [0.4, 0.5) is 4.79 Å². The highest BCUT2D eigenvalue weighted by Gasteiger charge is 2.06. The van der Waals surface area contributed by atoms with E-state index in [9.17, 15) is 9.59 Å². The summed E-state index contributed by atoms with van der Waals surface area (Å²) in [6.07, 6.45) is 3.44. The van der Waals surface area contributed by atoms with Crippen LogP contribution in [0.1, 0.15) is 46.0 Å². The number of amides is 2. The van der Waals surface area contributed by atoms with Gasteiger partial charge in [-0.2, -0.15) is 0 Å². The van der Waals surface area contributed by atoms with Gasteiger partial charge in [0.15, 0.2) is 0 Å². The maximum Gasteiger partial charge on any atom is 0.314 e. The van der Waals surface area contributed by atoms with E-state index in [0.717, 1.165) is 25.9 Å². The molecule has 6 heteroatoms. The van der Waals surface area contributed by atoms with Crippen molar-refractivity contribution in [3.05, 3.63) is 0 Å². The highest BCUT2D eigenvalue weighted by Crippen LogP contribution is 2.08. The molecule has 0 saturated heterocycles. The number of carbonyl (C=O) groups is 2. The predicted molar refractivity (Wildman–Crippen MR) is 77.8 cm³/mol. The summed E-state index contributed by atoms with van der Waals surface area (Å²) in [7, 11) is 0. The van der Waals surface area contributed by atoms with Gasteiger partial charge in [0.25, 0.3) is 0 Å². The van der Waals surface area contributed by atoms with Crippen molar-refractivity contribution in [1.82, 2.24) is 10.6 Å². The van der Waals surface area contributed by atoms with Crippen LogP contribution in [0.25, 0.3) is 0 Å². The largest absolute Gasteiger partial charge is 0.481 e. The molecule has 0 bridgehead atoms. The zero-order valence-electron chi connectivity index (χ0n) is 12.6. The van der Waals surface area contributed by atoms with E-state index in [-0.39, 0.29) is 12.5 Å². The van der Waals surface area contributed by atoms with Crippen molar-refractivity contribution in [2.45, 2.75) is 46.0 Å². The van der Waals surface area contributed by atoms with Gasteiger partial charge in [-0.3, -0.25) is 4.79 Å². The molecule has 20 heavy (non-hydrogen) atoms. The second-order valence-electron chi connectivity index (χ2n) is 4.97. The van der Waals surface area contributed by atoms with Crippen molar-refractivity contribution in [3.8, 4) is 0 Å². The molecule has 0 aliphatic heterocycles. The molecule has 1 unspecified atom stereocenters. The lowest BCUT2D eigenvalue weighted by atomic mass is 10.0. The Hall–Kier alpha value is -1.30. The molecule has 2 amide bonds. The van der Waals surface area contributed by atoms with Crippen LogP contribution < -0.4 is 10.6 Å². The van der Waals surface area contributed by atoms with Crippen LogP contribution in [-0.4, -0.2) is 43.4 Å². The molecule has 0 aliphatic rings. The minimum atomic E-state index is -0.771. The van der Waals surface area contributed by atoms with E-state index < -0.39 is 5.97 Å². The van der Waals surface area contributed by atoms with E-state index >= 15 is 0 Å². The highest BCUT2D eigenvalue weighted by atomic mass is 16.5. The fourth-order valence-electron chi connectivity index (χ4n) is 1.63. The van der Waals surface area contributed by atoms with E-state index in [2.05, 4.69) is 17.6 Å². The molecule has 0 aromatic carbocycles. The minimum Gasteiger partial charge on any atom is -0.481 e. The number of nitrogens with one attached hydrogen (secondary N) is 2. The average molecular weight is 288 g/mol. The van der Waals surface area contributed by atoms with E-state index in [0.29, 0.717) is 32.0 Å². The molecule has 3 N–H and O–H groups in total. The first-order chi connectivity index (χ1) is 9.56. The van der Waals surface area contributed by atoms with Gasteiger partial charge in [-0.05, 0) is 31.6 Å². The van der Waals surface area contributed by atoms with Crippen molar-refractivity contribution in [3.63, 3.8) is 0 Å². The number of hydrogen-bond donors (Lipinski definition) is 3. The van der Waals surface area contributed by atoms with Gasteiger partial charge in [0.05, 0.1) is 0 Å². The Bertz CT molecular complexity index is 272. The zero-order valence-corrected chi connectivity index (χ0v) is 12.6. The highest BCUT2D eigenvalue weighted by molar-refractivity contribution is 5.73. The van der Waals surface area contributed by atoms with Crippen molar-refractivity contribution in [2.24, 2.45) is 5.92 Å². The van der Waals surface area contributed by atoms with Gasteiger partial charge in [0.1, 0.15) is 0 Å². The molecule has 1 atom stereocenters. The third-order valence-corrected chi connectivity index (χ3v) is 2.87. The van der Waals surface area contributed by atoms with Gasteiger partial charge < -0.3 is 20.5 Å². The Kier molecular flexibility index (Phi) is 11.9. The molecule has 0 fully saturated rings. The topological polar surface area (TPSA) is 87.7 Å². The monoisotopic (exact) mass is 288 g/mol. The molecule has 0 radical (unpaired) electrons. The number of hydrogen-bond acceptors (Lipinski definition) is 3. The standard InChI is InChI=1S/C14H28N2O4/c1-3-10-20-11-4-8-15-14(19)16-9-7-12(2)5-6-13(17)18/h12H,3-11H2,1-2H3,(H,17,18)(H2,15,16,19).